The molecule has 0 bridgehead atoms. The molecule has 25 heavy (non-hydrogen) atoms. The van der Waals surface area contributed by atoms with E-state index in [1.165, 1.54) is 14.2 Å². The van der Waals surface area contributed by atoms with Gasteiger partial charge in [-0.05, 0) is 19.1 Å². The number of urea groups is 1. The molecule has 0 spiro atoms. The highest BCUT2D eigenvalue weighted by Crippen LogP contribution is 2.26. The third kappa shape index (κ3) is 4.87. The van der Waals surface area contributed by atoms with E-state index in [-0.39, 0.29) is 12.2 Å². The molecular weight excluding hydrogens is 324 g/mol. The fourth-order valence-corrected chi connectivity index (χ4v) is 2.14. The summed E-state index contributed by atoms with van der Waals surface area (Å²) in [4.78, 5) is 24.2. The minimum atomic E-state index is -0.507. The number of methoxy groups -OCH3 is 2. The Balaban J connectivity index is 2.15. The molecule has 0 saturated carbocycles. The van der Waals surface area contributed by atoms with E-state index in [4.69, 9.17) is 14.2 Å². The lowest BCUT2D eigenvalue weighted by molar-refractivity contribution is 0.0527. The molecule has 0 atom stereocenters. The Morgan fingerprint density at radius 3 is 2.20 bits per heavy atom. The van der Waals surface area contributed by atoms with Crippen molar-refractivity contribution >= 4 is 23.4 Å². The minimum absolute atomic E-state index is 0.253. The normalized spacial score (nSPS) is 9.88. The van der Waals surface area contributed by atoms with E-state index in [1.807, 2.05) is 0 Å². The summed E-state index contributed by atoms with van der Waals surface area (Å²) in [5, 5.41) is 5.32. The lowest BCUT2D eigenvalue weighted by atomic mass is 10.2. The lowest BCUT2D eigenvalue weighted by Crippen LogP contribution is -2.21. The van der Waals surface area contributed by atoms with Crippen molar-refractivity contribution < 1.29 is 23.8 Å². The number of anilines is 2. The number of ether oxygens (including phenoxy) is 3. The summed E-state index contributed by atoms with van der Waals surface area (Å²) in [6.07, 6.45) is 0. The molecule has 0 unspecified atom stereocenters. The Bertz CT molecular complexity index is 739. The van der Waals surface area contributed by atoms with Gasteiger partial charge in [-0.2, -0.15) is 0 Å². The number of carbonyl (C=O) groups is 2. The van der Waals surface area contributed by atoms with Gasteiger partial charge in [-0.1, -0.05) is 12.1 Å². The molecule has 2 rings (SSSR count). The van der Waals surface area contributed by atoms with Crippen LogP contribution < -0.4 is 20.1 Å². The second-order valence-electron chi connectivity index (χ2n) is 4.95. The first kappa shape index (κ1) is 18.1. The summed E-state index contributed by atoms with van der Waals surface area (Å²) in [6, 6.07) is 11.1. The fraction of sp³-hybridized carbons (Fsp3) is 0.222. The van der Waals surface area contributed by atoms with Crippen molar-refractivity contribution in [3.8, 4) is 11.5 Å². The van der Waals surface area contributed by atoms with E-state index in [0.717, 1.165) is 0 Å². The van der Waals surface area contributed by atoms with Gasteiger partial charge in [0.15, 0.2) is 0 Å². The maximum Gasteiger partial charge on any atom is 0.340 e. The number of rotatable bonds is 6. The van der Waals surface area contributed by atoms with E-state index in [2.05, 4.69) is 10.6 Å². The van der Waals surface area contributed by atoms with Gasteiger partial charge in [0, 0.05) is 23.9 Å². The molecule has 0 aliphatic heterocycles. The van der Waals surface area contributed by atoms with Crippen LogP contribution in [0.2, 0.25) is 0 Å². The van der Waals surface area contributed by atoms with Crippen LogP contribution >= 0.6 is 0 Å². The Labute approximate surface area is 145 Å². The topological polar surface area (TPSA) is 85.9 Å². The van der Waals surface area contributed by atoms with Crippen LogP contribution in [0.4, 0.5) is 16.2 Å². The second kappa shape index (κ2) is 8.58. The number of amides is 2. The first-order valence-electron chi connectivity index (χ1n) is 7.64. The van der Waals surface area contributed by atoms with Crippen molar-refractivity contribution in [2.24, 2.45) is 0 Å². The van der Waals surface area contributed by atoms with Crippen LogP contribution in [-0.2, 0) is 4.74 Å². The molecule has 0 aromatic heterocycles. The Kier molecular flexibility index (Phi) is 6.22. The largest absolute Gasteiger partial charge is 0.497 e. The maximum atomic E-state index is 12.3. The summed E-state index contributed by atoms with van der Waals surface area (Å²) in [5.74, 6) is 0.588. The van der Waals surface area contributed by atoms with Gasteiger partial charge < -0.3 is 24.8 Å². The smallest absolute Gasteiger partial charge is 0.340 e. The van der Waals surface area contributed by atoms with Crippen molar-refractivity contribution in [1.29, 1.82) is 0 Å². The monoisotopic (exact) mass is 344 g/mol. The van der Waals surface area contributed by atoms with Crippen LogP contribution in [-0.4, -0.2) is 32.8 Å². The summed E-state index contributed by atoms with van der Waals surface area (Å²) in [5.41, 5.74) is 1.12. The van der Waals surface area contributed by atoms with Gasteiger partial charge in [-0.3, -0.25) is 0 Å². The van der Waals surface area contributed by atoms with Crippen LogP contribution in [0.3, 0.4) is 0 Å². The molecule has 0 saturated heterocycles. The zero-order valence-corrected chi connectivity index (χ0v) is 14.3. The maximum absolute atomic E-state index is 12.3. The molecule has 0 aliphatic rings. The molecule has 132 valence electrons. The lowest BCUT2D eigenvalue weighted by Gasteiger charge is -2.12. The average molecular weight is 344 g/mol. The third-order valence-corrected chi connectivity index (χ3v) is 3.28. The van der Waals surface area contributed by atoms with E-state index in [9.17, 15) is 9.59 Å². The molecule has 0 fully saturated rings. The van der Waals surface area contributed by atoms with Crippen LogP contribution in [0, 0.1) is 0 Å². The van der Waals surface area contributed by atoms with E-state index in [1.54, 1.807) is 49.4 Å². The predicted octanol–water partition coefficient (Wildman–Crippen LogP) is 3.52. The van der Waals surface area contributed by atoms with Gasteiger partial charge in [0.05, 0.1) is 32.1 Å². The van der Waals surface area contributed by atoms with E-state index < -0.39 is 12.0 Å². The van der Waals surface area contributed by atoms with Crippen LogP contribution in [0.25, 0.3) is 0 Å². The van der Waals surface area contributed by atoms with E-state index in [0.29, 0.717) is 22.9 Å². The zero-order valence-electron chi connectivity index (χ0n) is 14.3. The van der Waals surface area contributed by atoms with Crippen molar-refractivity contribution in [1.82, 2.24) is 0 Å². The molecule has 2 N–H and O–H groups in total. The third-order valence-electron chi connectivity index (χ3n) is 3.28. The molecule has 7 nitrogen and oxygen atoms in total. The molecule has 2 aromatic carbocycles. The number of benzene rings is 2. The quantitative estimate of drug-likeness (QED) is 0.783. The SMILES string of the molecule is CCOC(=O)c1ccccc1NC(=O)Nc1cc(OC)cc(OC)c1. The molecule has 0 radical (unpaired) electrons. The van der Waals surface area contributed by atoms with Crippen LogP contribution in [0.5, 0.6) is 11.5 Å². The molecule has 2 amide bonds. The zero-order chi connectivity index (χ0) is 18.2. The van der Waals surface area contributed by atoms with Gasteiger partial charge in [0.25, 0.3) is 0 Å². The number of nitrogens with one attached hydrogen (secondary N) is 2. The first-order valence-corrected chi connectivity index (χ1v) is 7.64. The summed E-state index contributed by atoms with van der Waals surface area (Å²) in [7, 11) is 3.04. The summed E-state index contributed by atoms with van der Waals surface area (Å²) < 4.78 is 15.3. The van der Waals surface area contributed by atoms with Crippen LogP contribution in [0.1, 0.15) is 17.3 Å². The van der Waals surface area contributed by atoms with E-state index >= 15 is 0 Å². The second-order valence-corrected chi connectivity index (χ2v) is 4.95. The van der Waals surface area contributed by atoms with Crippen molar-refractivity contribution in [2.45, 2.75) is 6.92 Å². The molecule has 0 aliphatic carbocycles. The predicted molar refractivity (Wildman–Crippen MR) is 94.6 cm³/mol. The Morgan fingerprint density at radius 2 is 1.60 bits per heavy atom. The molecule has 0 heterocycles. The van der Waals surface area contributed by atoms with Crippen molar-refractivity contribution in [3.05, 3.63) is 48.0 Å². The Hall–Kier alpha value is -3.22. The van der Waals surface area contributed by atoms with Gasteiger partial charge in [-0.25, -0.2) is 9.59 Å². The number of esters is 1. The van der Waals surface area contributed by atoms with Gasteiger partial charge in [-0.15, -0.1) is 0 Å². The minimum Gasteiger partial charge on any atom is -0.497 e. The van der Waals surface area contributed by atoms with Gasteiger partial charge >= 0.3 is 12.0 Å². The van der Waals surface area contributed by atoms with Gasteiger partial charge in [0.2, 0.25) is 0 Å². The summed E-state index contributed by atoms with van der Waals surface area (Å²) >= 11 is 0. The molecule has 2 aromatic rings. The number of hydrogen-bond donors (Lipinski definition) is 2. The van der Waals surface area contributed by atoms with Crippen molar-refractivity contribution in [2.75, 3.05) is 31.5 Å². The standard InChI is InChI=1S/C18H20N2O5/c1-4-25-17(21)15-7-5-6-8-16(15)20-18(22)19-12-9-13(23-2)11-14(10-12)24-3/h5-11H,4H2,1-3H3,(H2,19,20,22). The molecular formula is C18H20N2O5. The number of para-hydroxylation sites is 1. The average Bonchev–Trinajstić information content (AvgIpc) is 2.61. The number of hydrogen-bond acceptors (Lipinski definition) is 5. The molecule has 7 heteroatoms. The van der Waals surface area contributed by atoms with Gasteiger partial charge in [0.1, 0.15) is 11.5 Å². The number of carbonyl (C=O) groups excluding carboxylic acids is 2. The Morgan fingerprint density at radius 1 is 0.960 bits per heavy atom. The highest BCUT2D eigenvalue weighted by molar-refractivity contribution is 6.05. The summed E-state index contributed by atoms with van der Waals surface area (Å²) in [6.45, 7) is 1.97. The highest BCUT2D eigenvalue weighted by Gasteiger charge is 2.14. The van der Waals surface area contributed by atoms with Crippen molar-refractivity contribution in [3.63, 3.8) is 0 Å². The fourth-order valence-electron chi connectivity index (χ4n) is 2.14. The first-order chi connectivity index (χ1) is 12.1. The highest BCUT2D eigenvalue weighted by atomic mass is 16.5. The van der Waals surface area contributed by atoms with Crippen LogP contribution in [0.15, 0.2) is 42.5 Å².